The third-order valence-electron chi connectivity index (χ3n) is 6.10. The van der Waals surface area contributed by atoms with Gasteiger partial charge in [-0.1, -0.05) is 34.6 Å². The quantitative estimate of drug-likeness (QED) is 0.295. The number of halogens is 1. The molecule has 6 nitrogen and oxygen atoms in total. The van der Waals surface area contributed by atoms with Gasteiger partial charge in [-0.25, -0.2) is 4.79 Å². The summed E-state index contributed by atoms with van der Waals surface area (Å²) in [5.74, 6) is 0.855. The van der Waals surface area contributed by atoms with Gasteiger partial charge < -0.3 is 14.8 Å². The summed E-state index contributed by atoms with van der Waals surface area (Å²) in [6.07, 6.45) is 2.75. The Bertz CT molecular complexity index is 1120. The minimum absolute atomic E-state index is 0.127. The highest BCUT2D eigenvalue weighted by molar-refractivity contribution is 9.10. The lowest BCUT2D eigenvalue weighted by Crippen LogP contribution is -2.34. The highest BCUT2D eigenvalue weighted by Crippen LogP contribution is 2.44. The zero-order valence-electron chi connectivity index (χ0n) is 21.0. The molecule has 1 aliphatic rings. The van der Waals surface area contributed by atoms with Crippen molar-refractivity contribution >= 4 is 61.5 Å². The lowest BCUT2D eigenvalue weighted by atomic mass is 9.72. The van der Waals surface area contributed by atoms with E-state index in [0.29, 0.717) is 44.8 Å². The van der Waals surface area contributed by atoms with E-state index in [1.807, 2.05) is 0 Å². The van der Waals surface area contributed by atoms with Gasteiger partial charge in [0, 0.05) is 10.4 Å². The van der Waals surface area contributed by atoms with Gasteiger partial charge in [-0.15, -0.1) is 11.3 Å². The van der Waals surface area contributed by atoms with Crippen LogP contribution in [0.25, 0.3) is 0 Å². The van der Waals surface area contributed by atoms with E-state index in [2.05, 4.69) is 61.2 Å². The van der Waals surface area contributed by atoms with Gasteiger partial charge >= 0.3 is 5.97 Å². The van der Waals surface area contributed by atoms with Gasteiger partial charge in [-0.2, -0.15) is 0 Å². The number of nitrogens with one attached hydrogen (secondary N) is 2. The minimum Gasteiger partial charge on any atom is -0.492 e. The number of amides is 1. The van der Waals surface area contributed by atoms with Gasteiger partial charge in [0.2, 0.25) is 0 Å². The van der Waals surface area contributed by atoms with E-state index in [4.69, 9.17) is 21.7 Å². The molecule has 0 saturated heterocycles. The van der Waals surface area contributed by atoms with E-state index in [1.54, 1.807) is 18.2 Å². The Morgan fingerprint density at radius 2 is 2.00 bits per heavy atom. The molecule has 1 atom stereocenters. The molecule has 0 bridgehead atoms. The first-order chi connectivity index (χ1) is 16.4. The molecule has 1 aliphatic carbocycles. The van der Waals surface area contributed by atoms with Crippen LogP contribution in [0.15, 0.2) is 22.7 Å². The molecule has 0 radical (unpaired) electrons. The van der Waals surface area contributed by atoms with Crippen LogP contribution in [0.1, 0.15) is 72.2 Å². The summed E-state index contributed by atoms with van der Waals surface area (Å²) in [4.78, 5) is 26.6. The zero-order valence-corrected chi connectivity index (χ0v) is 24.3. The van der Waals surface area contributed by atoms with E-state index in [0.717, 1.165) is 24.8 Å². The average molecular weight is 582 g/mol. The second-order valence-corrected chi connectivity index (χ2v) is 12.6. The predicted octanol–water partition coefficient (Wildman–Crippen LogP) is 6.61. The molecule has 1 aromatic carbocycles. The summed E-state index contributed by atoms with van der Waals surface area (Å²) in [5, 5.41) is 6.53. The van der Waals surface area contributed by atoms with Crippen molar-refractivity contribution in [2.45, 2.75) is 53.9 Å². The third-order valence-corrected chi connectivity index (χ3v) is 8.09. The molecule has 1 heterocycles. The van der Waals surface area contributed by atoms with Crippen molar-refractivity contribution in [1.82, 2.24) is 5.32 Å². The van der Waals surface area contributed by atoms with Gasteiger partial charge in [0.15, 0.2) is 5.11 Å². The maximum Gasteiger partial charge on any atom is 0.341 e. The largest absolute Gasteiger partial charge is 0.492 e. The summed E-state index contributed by atoms with van der Waals surface area (Å²) < 4.78 is 11.5. The van der Waals surface area contributed by atoms with Crippen molar-refractivity contribution in [2.24, 2.45) is 17.3 Å². The molecule has 2 N–H and O–H groups in total. The van der Waals surface area contributed by atoms with E-state index in [-0.39, 0.29) is 16.4 Å². The van der Waals surface area contributed by atoms with Crippen molar-refractivity contribution in [3.8, 4) is 5.75 Å². The summed E-state index contributed by atoms with van der Waals surface area (Å²) in [7, 11) is 1.38. The Balaban J connectivity index is 1.74. The monoisotopic (exact) mass is 580 g/mol. The van der Waals surface area contributed by atoms with E-state index < -0.39 is 5.97 Å². The minimum atomic E-state index is -0.394. The van der Waals surface area contributed by atoms with Crippen LogP contribution >= 0.6 is 39.5 Å². The number of methoxy groups -OCH3 is 1. The van der Waals surface area contributed by atoms with E-state index in [9.17, 15) is 9.59 Å². The summed E-state index contributed by atoms with van der Waals surface area (Å²) in [6.45, 7) is 11.5. The smallest absolute Gasteiger partial charge is 0.341 e. The predicted molar refractivity (Wildman–Crippen MR) is 149 cm³/mol. The number of esters is 1. The zero-order chi connectivity index (χ0) is 25.9. The van der Waals surface area contributed by atoms with Crippen LogP contribution in [-0.4, -0.2) is 30.7 Å². The van der Waals surface area contributed by atoms with Crippen LogP contribution in [0.5, 0.6) is 5.75 Å². The summed E-state index contributed by atoms with van der Waals surface area (Å²) in [6, 6.07) is 5.14. The molecule has 190 valence electrons. The van der Waals surface area contributed by atoms with Gasteiger partial charge in [0.1, 0.15) is 10.8 Å². The number of thiophene rings is 1. The van der Waals surface area contributed by atoms with Crippen LogP contribution in [0, 0.1) is 17.3 Å². The van der Waals surface area contributed by atoms with E-state index >= 15 is 0 Å². The number of rotatable bonds is 6. The maximum absolute atomic E-state index is 12.8. The Labute approximate surface area is 225 Å². The van der Waals surface area contributed by atoms with Gasteiger partial charge in [0.25, 0.3) is 5.91 Å². The van der Waals surface area contributed by atoms with Crippen molar-refractivity contribution < 1.29 is 19.1 Å². The number of hydrogen-bond donors (Lipinski definition) is 2. The molecule has 35 heavy (non-hydrogen) atoms. The van der Waals surface area contributed by atoms with Crippen molar-refractivity contribution in [3.05, 3.63) is 44.2 Å². The van der Waals surface area contributed by atoms with Crippen LogP contribution < -0.4 is 15.4 Å². The first-order valence-corrected chi connectivity index (χ1v) is 13.7. The Morgan fingerprint density at radius 1 is 1.29 bits per heavy atom. The molecule has 0 saturated carbocycles. The number of fused-ring (bicyclic) bond motifs is 1. The Hall–Kier alpha value is -1.97. The molecule has 2 aromatic rings. The third kappa shape index (κ3) is 6.83. The second-order valence-electron chi connectivity index (χ2n) is 10.3. The number of benzene rings is 1. The molecule has 1 unspecified atom stereocenters. The van der Waals surface area contributed by atoms with Crippen LogP contribution in [-0.2, 0) is 17.6 Å². The lowest BCUT2D eigenvalue weighted by Gasteiger charge is -2.33. The van der Waals surface area contributed by atoms with Crippen LogP contribution in [0.2, 0.25) is 0 Å². The number of anilines is 1. The summed E-state index contributed by atoms with van der Waals surface area (Å²) in [5.41, 5.74) is 2.17. The number of ether oxygens (including phenoxy) is 2. The average Bonchev–Trinajstić information content (AvgIpc) is 3.13. The maximum atomic E-state index is 12.8. The van der Waals surface area contributed by atoms with Gasteiger partial charge in [0.05, 0.1) is 23.8 Å². The molecule has 1 amide bonds. The normalized spacial score (nSPS) is 15.4. The molecule has 1 aromatic heterocycles. The first kappa shape index (κ1) is 27.6. The number of carbonyl (C=O) groups is 2. The SMILES string of the molecule is COC(=O)c1c(NC(=S)NC(=O)c2ccc(OCC(C)C)c(Br)c2)sc2c1CCC(C(C)(C)C)C2. The van der Waals surface area contributed by atoms with Crippen molar-refractivity contribution in [2.75, 3.05) is 19.0 Å². The molecule has 0 fully saturated rings. The fourth-order valence-corrected chi connectivity index (χ4v) is 6.13. The van der Waals surface area contributed by atoms with Crippen LogP contribution in [0.4, 0.5) is 5.00 Å². The number of hydrogen-bond acceptors (Lipinski definition) is 6. The van der Waals surface area contributed by atoms with E-state index in [1.165, 1.54) is 23.3 Å². The molecule has 9 heteroatoms. The fourth-order valence-electron chi connectivity index (χ4n) is 4.06. The molecule has 0 aliphatic heterocycles. The van der Waals surface area contributed by atoms with Crippen LogP contribution in [0.3, 0.4) is 0 Å². The Morgan fingerprint density at radius 3 is 2.60 bits per heavy atom. The Kier molecular flexibility index (Phi) is 8.99. The first-order valence-electron chi connectivity index (χ1n) is 11.7. The molecular weight excluding hydrogens is 548 g/mol. The highest BCUT2D eigenvalue weighted by Gasteiger charge is 2.34. The van der Waals surface area contributed by atoms with Crippen molar-refractivity contribution in [1.29, 1.82) is 0 Å². The summed E-state index contributed by atoms with van der Waals surface area (Å²) >= 11 is 10.4. The second kappa shape index (κ2) is 11.4. The number of thiocarbonyl (C=S) groups is 1. The van der Waals surface area contributed by atoms with Gasteiger partial charge in [-0.05, 0) is 88.4 Å². The molecule has 0 spiro atoms. The topological polar surface area (TPSA) is 76.7 Å². The lowest BCUT2D eigenvalue weighted by molar-refractivity contribution is 0.0600. The molecule has 3 rings (SSSR count). The van der Waals surface area contributed by atoms with Crippen molar-refractivity contribution in [3.63, 3.8) is 0 Å². The molecular formula is C26H33BrN2O4S2. The number of carbonyl (C=O) groups excluding carboxylic acids is 2. The van der Waals surface area contributed by atoms with Gasteiger partial charge in [-0.3, -0.25) is 10.1 Å². The standard InChI is InChI=1S/C26H33BrN2O4S2/c1-14(2)13-33-19-10-7-15(11-18(19)27)22(30)28-25(34)29-23-21(24(31)32-6)17-9-8-16(26(3,4)5)12-20(17)35-23/h7,10-11,14,16H,8-9,12-13H2,1-6H3,(H2,28,29,30,34). The fraction of sp³-hybridized carbons (Fsp3) is 0.500. The highest BCUT2D eigenvalue weighted by atomic mass is 79.9.